The largest absolute Gasteiger partial charge is 0.474 e. The molecule has 1 aliphatic heterocycles. The molecule has 4 rings (SSSR count). The maximum Gasteiger partial charge on any atom is 0.257 e. The highest BCUT2D eigenvalue weighted by Crippen LogP contribution is 2.22. The standard InChI is InChI=1S/C24H26FN5O4S/c1-3-16-13-27-24(28-14-16)30-10-8-18(9-11-30)34-22-7-4-17(15-26-22)23(31)29-21-6-5-19(12-20(21)25)35(2,32)33/h4-7,12-15,18H,3,8-11H2,1-2H3,(H,29,31). The number of anilines is 2. The number of sulfone groups is 1. The van der Waals surface area contributed by atoms with Gasteiger partial charge < -0.3 is 15.0 Å². The topological polar surface area (TPSA) is 114 Å². The molecule has 1 N–H and O–H groups in total. The molecule has 0 spiro atoms. The van der Waals surface area contributed by atoms with Crippen molar-refractivity contribution >= 4 is 27.4 Å². The average molecular weight is 500 g/mol. The van der Waals surface area contributed by atoms with Crippen LogP contribution >= 0.6 is 0 Å². The van der Waals surface area contributed by atoms with Gasteiger partial charge in [-0.2, -0.15) is 0 Å². The van der Waals surface area contributed by atoms with E-state index in [1.54, 1.807) is 12.1 Å². The maximum absolute atomic E-state index is 14.2. The number of nitrogens with zero attached hydrogens (tertiary/aromatic N) is 4. The zero-order valence-electron chi connectivity index (χ0n) is 19.4. The van der Waals surface area contributed by atoms with Gasteiger partial charge in [0.1, 0.15) is 11.9 Å². The van der Waals surface area contributed by atoms with Crippen molar-refractivity contribution < 1.29 is 22.3 Å². The number of pyridine rings is 1. The maximum atomic E-state index is 14.2. The Balaban J connectivity index is 1.31. The molecule has 0 bridgehead atoms. The molecular weight excluding hydrogens is 473 g/mol. The molecule has 35 heavy (non-hydrogen) atoms. The summed E-state index contributed by atoms with van der Waals surface area (Å²) in [6.45, 7) is 3.59. The molecule has 1 saturated heterocycles. The van der Waals surface area contributed by atoms with E-state index in [0.29, 0.717) is 5.88 Å². The minimum absolute atomic E-state index is 0.0178. The lowest BCUT2D eigenvalue weighted by Gasteiger charge is -2.31. The number of aromatic nitrogens is 3. The summed E-state index contributed by atoms with van der Waals surface area (Å²) >= 11 is 0. The van der Waals surface area contributed by atoms with Crippen LogP contribution in [0.5, 0.6) is 5.88 Å². The average Bonchev–Trinajstić information content (AvgIpc) is 2.85. The fraction of sp³-hybridized carbons (Fsp3) is 0.333. The van der Waals surface area contributed by atoms with Crippen LogP contribution in [0, 0.1) is 5.82 Å². The number of carbonyl (C=O) groups excluding carboxylic acids is 1. The molecule has 0 unspecified atom stereocenters. The summed E-state index contributed by atoms with van der Waals surface area (Å²) in [6, 6.07) is 6.46. The number of hydrogen-bond acceptors (Lipinski definition) is 8. The fourth-order valence-electron chi connectivity index (χ4n) is 3.64. The Labute approximate surface area is 203 Å². The van der Waals surface area contributed by atoms with Gasteiger partial charge in [0.2, 0.25) is 11.8 Å². The highest BCUT2D eigenvalue weighted by Gasteiger charge is 2.23. The lowest BCUT2D eigenvalue weighted by molar-refractivity contribution is 0.102. The van der Waals surface area contributed by atoms with Gasteiger partial charge in [0.25, 0.3) is 5.91 Å². The highest BCUT2D eigenvalue weighted by molar-refractivity contribution is 7.90. The van der Waals surface area contributed by atoms with E-state index in [9.17, 15) is 17.6 Å². The van der Waals surface area contributed by atoms with Gasteiger partial charge in [0.15, 0.2) is 9.84 Å². The van der Waals surface area contributed by atoms with Gasteiger partial charge in [-0.05, 0) is 36.2 Å². The molecule has 3 heterocycles. The number of aryl methyl sites for hydroxylation is 1. The summed E-state index contributed by atoms with van der Waals surface area (Å²) < 4.78 is 43.3. The molecule has 0 aliphatic carbocycles. The van der Waals surface area contributed by atoms with Crippen molar-refractivity contribution in [1.82, 2.24) is 15.0 Å². The number of rotatable bonds is 7. The molecule has 2 aromatic heterocycles. The second-order valence-electron chi connectivity index (χ2n) is 8.30. The van der Waals surface area contributed by atoms with Crippen LogP contribution in [0.25, 0.3) is 0 Å². The van der Waals surface area contributed by atoms with Crippen molar-refractivity contribution in [3.63, 3.8) is 0 Å². The molecule has 1 fully saturated rings. The van der Waals surface area contributed by atoms with E-state index in [1.807, 2.05) is 12.4 Å². The first-order chi connectivity index (χ1) is 16.7. The Morgan fingerprint density at radius 1 is 1.11 bits per heavy atom. The van der Waals surface area contributed by atoms with Gasteiger partial charge >= 0.3 is 0 Å². The van der Waals surface area contributed by atoms with Gasteiger partial charge in [-0.1, -0.05) is 6.92 Å². The van der Waals surface area contributed by atoms with E-state index >= 15 is 0 Å². The van der Waals surface area contributed by atoms with Crippen LogP contribution in [-0.2, 0) is 16.3 Å². The SMILES string of the molecule is CCc1cnc(N2CCC(Oc3ccc(C(=O)Nc4ccc(S(C)(=O)=O)cc4F)cn3)CC2)nc1. The fourth-order valence-corrected chi connectivity index (χ4v) is 4.28. The summed E-state index contributed by atoms with van der Waals surface area (Å²) in [6.07, 6.45) is 8.49. The third-order valence-electron chi connectivity index (χ3n) is 5.73. The number of ether oxygens (including phenoxy) is 1. The van der Waals surface area contributed by atoms with E-state index in [-0.39, 0.29) is 22.3 Å². The smallest absolute Gasteiger partial charge is 0.257 e. The Bertz CT molecular complexity index is 1290. The third-order valence-corrected chi connectivity index (χ3v) is 6.84. The molecule has 1 aliphatic rings. The number of nitrogens with one attached hydrogen (secondary N) is 1. The van der Waals surface area contributed by atoms with Gasteiger partial charge in [0, 0.05) is 56.8 Å². The van der Waals surface area contributed by atoms with Gasteiger partial charge in [-0.3, -0.25) is 4.79 Å². The van der Waals surface area contributed by atoms with Crippen LogP contribution in [0.15, 0.2) is 53.8 Å². The predicted molar refractivity (Wildman–Crippen MR) is 129 cm³/mol. The van der Waals surface area contributed by atoms with Crippen LogP contribution in [0.1, 0.15) is 35.7 Å². The van der Waals surface area contributed by atoms with E-state index in [0.717, 1.165) is 56.2 Å². The van der Waals surface area contributed by atoms with Crippen molar-refractivity contribution in [2.24, 2.45) is 0 Å². The molecule has 11 heteroatoms. The van der Waals surface area contributed by atoms with E-state index < -0.39 is 21.6 Å². The van der Waals surface area contributed by atoms with Crippen molar-refractivity contribution in [1.29, 1.82) is 0 Å². The van der Waals surface area contributed by atoms with Gasteiger partial charge in [-0.25, -0.2) is 27.8 Å². The number of hydrogen-bond donors (Lipinski definition) is 1. The first-order valence-electron chi connectivity index (χ1n) is 11.2. The number of carbonyl (C=O) groups is 1. The Morgan fingerprint density at radius 2 is 1.83 bits per heavy atom. The van der Waals surface area contributed by atoms with Crippen LogP contribution in [0.3, 0.4) is 0 Å². The Morgan fingerprint density at radius 3 is 2.40 bits per heavy atom. The van der Waals surface area contributed by atoms with Crippen LogP contribution in [0.2, 0.25) is 0 Å². The second-order valence-corrected chi connectivity index (χ2v) is 10.3. The quantitative estimate of drug-likeness (QED) is 0.527. The second kappa shape index (κ2) is 10.3. The molecule has 9 nitrogen and oxygen atoms in total. The van der Waals surface area contributed by atoms with Crippen LogP contribution in [0.4, 0.5) is 16.0 Å². The highest BCUT2D eigenvalue weighted by atomic mass is 32.2. The summed E-state index contributed by atoms with van der Waals surface area (Å²) in [4.78, 5) is 27.5. The zero-order chi connectivity index (χ0) is 25.0. The molecule has 0 radical (unpaired) electrons. The predicted octanol–water partition coefficient (Wildman–Crippen LogP) is 3.28. The van der Waals surface area contributed by atoms with E-state index in [4.69, 9.17) is 4.74 Å². The van der Waals surface area contributed by atoms with Crippen molar-refractivity contribution in [3.05, 3.63) is 65.9 Å². The van der Waals surface area contributed by atoms with Crippen LogP contribution in [-0.4, -0.2) is 54.7 Å². The van der Waals surface area contributed by atoms with E-state index in [1.165, 1.54) is 18.3 Å². The van der Waals surface area contributed by atoms with Crippen molar-refractivity contribution in [2.75, 3.05) is 29.6 Å². The summed E-state index contributed by atoms with van der Waals surface area (Å²) in [5.74, 6) is -0.298. The number of amides is 1. The first-order valence-corrected chi connectivity index (χ1v) is 13.1. The molecule has 3 aromatic rings. The monoisotopic (exact) mass is 499 g/mol. The molecule has 184 valence electrons. The summed E-state index contributed by atoms with van der Waals surface area (Å²) in [7, 11) is -3.55. The molecule has 1 amide bonds. The molecule has 0 saturated carbocycles. The molecule has 1 aromatic carbocycles. The van der Waals surface area contributed by atoms with E-state index in [2.05, 4.69) is 32.1 Å². The number of benzene rings is 1. The Hall–Kier alpha value is -3.60. The van der Waals surface area contributed by atoms with Crippen molar-refractivity contribution in [3.8, 4) is 5.88 Å². The lowest BCUT2D eigenvalue weighted by atomic mass is 10.1. The van der Waals surface area contributed by atoms with Gasteiger partial charge in [0.05, 0.1) is 16.1 Å². The van der Waals surface area contributed by atoms with Crippen molar-refractivity contribution in [2.45, 2.75) is 37.2 Å². The number of halogens is 1. The Kier molecular flexibility index (Phi) is 7.25. The van der Waals surface area contributed by atoms with Gasteiger partial charge in [-0.15, -0.1) is 0 Å². The third kappa shape index (κ3) is 6.10. The minimum atomic E-state index is -3.55. The van der Waals surface area contributed by atoms with Crippen LogP contribution < -0.4 is 15.0 Å². The minimum Gasteiger partial charge on any atom is -0.474 e. The first kappa shape index (κ1) is 24.5. The lowest BCUT2D eigenvalue weighted by Crippen LogP contribution is -2.39. The molecule has 0 atom stereocenters. The summed E-state index contributed by atoms with van der Waals surface area (Å²) in [5.41, 5.74) is 1.19. The number of piperidine rings is 1. The molecular formula is C24H26FN5O4S. The zero-order valence-corrected chi connectivity index (χ0v) is 20.3. The summed E-state index contributed by atoms with van der Waals surface area (Å²) in [5, 5.41) is 2.43. The normalized spacial score (nSPS) is 14.5.